The maximum Gasteiger partial charge on any atom is 0.359 e. The molecule has 0 saturated heterocycles. The van der Waals surface area contributed by atoms with Crippen molar-refractivity contribution in [3.63, 3.8) is 0 Å². The average molecular weight is 180 g/mol. The Morgan fingerprint density at radius 2 is 2.31 bits per heavy atom. The summed E-state index contributed by atoms with van der Waals surface area (Å²) in [6.45, 7) is 3.55. The van der Waals surface area contributed by atoms with Crippen LogP contribution in [0.5, 0.6) is 0 Å². The van der Waals surface area contributed by atoms with Gasteiger partial charge in [-0.15, -0.1) is 0 Å². The molecular formula is C9H12N2O2. The Labute approximate surface area is 76.7 Å². The number of anilines is 1. The molecule has 2 N–H and O–H groups in total. The van der Waals surface area contributed by atoms with Crippen LogP contribution in [-0.4, -0.2) is 17.1 Å². The first-order valence-corrected chi connectivity index (χ1v) is 4.02. The first-order chi connectivity index (χ1) is 6.11. The van der Waals surface area contributed by atoms with Gasteiger partial charge in [-0.3, -0.25) is 0 Å². The lowest BCUT2D eigenvalue weighted by atomic mass is 10.3. The van der Waals surface area contributed by atoms with Crippen molar-refractivity contribution < 1.29 is 9.53 Å². The number of carbonyl (C=O) groups is 1. The molecule has 0 unspecified atom stereocenters. The first kappa shape index (κ1) is 9.51. The smallest absolute Gasteiger partial charge is 0.359 e. The van der Waals surface area contributed by atoms with Crippen LogP contribution in [0.15, 0.2) is 18.3 Å². The van der Waals surface area contributed by atoms with Gasteiger partial charge in [0.15, 0.2) is 5.69 Å². The zero-order chi connectivity index (χ0) is 9.84. The lowest BCUT2D eigenvalue weighted by Crippen LogP contribution is -2.14. The van der Waals surface area contributed by atoms with E-state index in [-0.39, 0.29) is 11.8 Å². The minimum atomic E-state index is -0.479. The maximum atomic E-state index is 11.3. The Kier molecular flexibility index (Phi) is 2.84. The van der Waals surface area contributed by atoms with E-state index in [4.69, 9.17) is 10.5 Å². The molecule has 1 aromatic heterocycles. The Morgan fingerprint density at radius 1 is 1.62 bits per heavy atom. The molecular weight excluding hydrogens is 168 g/mol. The van der Waals surface area contributed by atoms with E-state index in [2.05, 4.69) is 4.98 Å². The summed E-state index contributed by atoms with van der Waals surface area (Å²) in [6, 6.07) is 3.28. The number of pyridine rings is 1. The van der Waals surface area contributed by atoms with Gasteiger partial charge in [-0.25, -0.2) is 9.78 Å². The number of esters is 1. The average Bonchev–Trinajstić information content (AvgIpc) is 2.03. The van der Waals surface area contributed by atoms with Gasteiger partial charge >= 0.3 is 5.97 Å². The quantitative estimate of drug-likeness (QED) is 0.695. The first-order valence-electron chi connectivity index (χ1n) is 4.02. The topological polar surface area (TPSA) is 65.2 Å². The standard InChI is InChI=1S/C9H12N2O2/c1-6(2)13-9(12)8-7(10)4-3-5-11-8/h3-6H,10H2,1-2H3. The lowest BCUT2D eigenvalue weighted by Gasteiger charge is -2.07. The highest BCUT2D eigenvalue weighted by Gasteiger charge is 2.13. The van der Waals surface area contributed by atoms with Crippen molar-refractivity contribution in [3.05, 3.63) is 24.0 Å². The molecule has 0 spiro atoms. The van der Waals surface area contributed by atoms with E-state index in [1.165, 1.54) is 6.20 Å². The number of aromatic nitrogens is 1. The van der Waals surface area contributed by atoms with Crippen LogP contribution in [-0.2, 0) is 4.74 Å². The van der Waals surface area contributed by atoms with Gasteiger partial charge in [-0.1, -0.05) is 0 Å². The molecule has 1 heterocycles. The molecule has 13 heavy (non-hydrogen) atoms. The molecule has 0 aliphatic rings. The molecule has 0 aliphatic heterocycles. The monoisotopic (exact) mass is 180 g/mol. The van der Waals surface area contributed by atoms with E-state index in [9.17, 15) is 4.79 Å². The number of hydrogen-bond donors (Lipinski definition) is 1. The number of hydrogen-bond acceptors (Lipinski definition) is 4. The molecule has 0 aliphatic carbocycles. The number of nitrogen functional groups attached to an aromatic ring is 1. The summed E-state index contributed by atoms with van der Waals surface area (Å²) in [7, 11) is 0. The minimum absolute atomic E-state index is 0.158. The van der Waals surface area contributed by atoms with E-state index in [1.807, 2.05) is 0 Å². The van der Waals surface area contributed by atoms with Gasteiger partial charge in [0.05, 0.1) is 11.8 Å². The normalized spacial score (nSPS) is 10.1. The van der Waals surface area contributed by atoms with Crippen molar-refractivity contribution in [3.8, 4) is 0 Å². The second-order valence-electron chi connectivity index (χ2n) is 2.90. The fraction of sp³-hybridized carbons (Fsp3) is 0.333. The number of nitrogens with two attached hydrogens (primary N) is 1. The van der Waals surface area contributed by atoms with Crippen molar-refractivity contribution in [2.24, 2.45) is 0 Å². The fourth-order valence-electron chi connectivity index (χ4n) is 0.858. The molecule has 0 amide bonds. The second-order valence-corrected chi connectivity index (χ2v) is 2.90. The van der Waals surface area contributed by atoms with E-state index >= 15 is 0 Å². The van der Waals surface area contributed by atoms with Gasteiger partial charge in [-0.05, 0) is 26.0 Å². The third kappa shape index (κ3) is 2.43. The van der Waals surface area contributed by atoms with E-state index in [1.54, 1.807) is 26.0 Å². The summed E-state index contributed by atoms with van der Waals surface area (Å²) in [5.74, 6) is -0.479. The van der Waals surface area contributed by atoms with E-state index in [0.717, 1.165) is 0 Å². The van der Waals surface area contributed by atoms with Crippen molar-refractivity contribution in [2.75, 3.05) is 5.73 Å². The van der Waals surface area contributed by atoms with Crippen LogP contribution < -0.4 is 5.73 Å². The van der Waals surface area contributed by atoms with Gasteiger partial charge in [-0.2, -0.15) is 0 Å². The highest BCUT2D eigenvalue weighted by Crippen LogP contribution is 2.09. The largest absolute Gasteiger partial charge is 0.458 e. The predicted molar refractivity (Wildman–Crippen MR) is 49.2 cm³/mol. The van der Waals surface area contributed by atoms with Crippen molar-refractivity contribution in [2.45, 2.75) is 20.0 Å². The zero-order valence-corrected chi connectivity index (χ0v) is 7.65. The van der Waals surface area contributed by atoms with Crippen LogP contribution in [0.4, 0.5) is 5.69 Å². The van der Waals surface area contributed by atoms with Gasteiger partial charge in [0.2, 0.25) is 0 Å². The van der Waals surface area contributed by atoms with Crippen LogP contribution in [0, 0.1) is 0 Å². The highest BCUT2D eigenvalue weighted by molar-refractivity contribution is 5.92. The van der Waals surface area contributed by atoms with Gasteiger partial charge in [0.25, 0.3) is 0 Å². The number of nitrogens with zero attached hydrogens (tertiary/aromatic N) is 1. The molecule has 4 heteroatoms. The second kappa shape index (κ2) is 3.89. The molecule has 4 nitrogen and oxygen atoms in total. The summed E-state index contributed by atoms with van der Waals surface area (Å²) >= 11 is 0. The molecule has 0 fully saturated rings. The Balaban J connectivity index is 2.83. The van der Waals surface area contributed by atoms with Crippen LogP contribution in [0.1, 0.15) is 24.3 Å². The number of ether oxygens (including phenoxy) is 1. The summed E-state index contributed by atoms with van der Waals surface area (Å²) in [6.07, 6.45) is 1.35. The lowest BCUT2D eigenvalue weighted by molar-refractivity contribution is 0.0372. The van der Waals surface area contributed by atoms with E-state index in [0.29, 0.717) is 5.69 Å². The molecule has 70 valence electrons. The predicted octanol–water partition coefficient (Wildman–Crippen LogP) is 1.23. The van der Waals surface area contributed by atoms with Crippen LogP contribution in [0.2, 0.25) is 0 Å². The van der Waals surface area contributed by atoms with Crippen LogP contribution in [0.25, 0.3) is 0 Å². The third-order valence-corrected chi connectivity index (χ3v) is 1.38. The van der Waals surface area contributed by atoms with Crippen molar-refractivity contribution in [1.29, 1.82) is 0 Å². The molecule has 0 radical (unpaired) electrons. The molecule has 0 saturated carbocycles. The van der Waals surface area contributed by atoms with Gasteiger partial charge in [0, 0.05) is 6.20 Å². The summed E-state index contributed by atoms with van der Waals surface area (Å²) in [5.41, 5.74) is 6.05. The summed E-state index contributed by atoms with van der Waals surface area (Å²) in [5, 5.41) is 0. The minimum Gasteiger partial charge on any atom is -0.458 e. The molecule has 0 aromatic carbocycles. The zero-order valence-electron chi connectivity index (χ0n) is 7.65. The van der Waals surface area contributed by atoms with Crippen LogP contribution >= 0.6 is 0 Å². The molecule has 1 rings (SSSR count). The molecule has 1 aromatic rings. The molecule has 0 atom stereocenters. The Bertz CT molecular complexity index is 310. The van der Waals surface area contributed by atoms with Gasteiger partial charge in [0.1, 0.15) is 0 Å². The van der Waals surface area contributed by atoms with Crippen molar-refractivity contribution in [1.82, 2.24) is 4.98 Å². The van der Waals surface area contributed by atoms with Crippen LogP contribution in [0.3, 0.4) is 0 Å². The van der Waals surface area contributed by atoms with E-state index < -0.39 is 5.97 Å². The third-order valence-electron chi connectivity index (χ3n) is 1.38. The Morgan fingerprint density at radius 3 is 2.85 bits per heavy atom. The fourth-order valence-corrected chi connectivity index (χ4v) is 0.858. The summed E-state index contributed by atoms with van der Waals surface area (Å²) < 4.78 is 4.94. The van der Waals surface area contributed by atoms with Crippen molar-refractivity contribution >= 4 is 11.7 Å². The van der Waals surface area contributed by atoms with Gasteiger partial charge < -0.3 is 10.5 Å². The Hall–Kier alpha value is -1.58. The number of rotatable bonds is 2. The molecule has 0 bridgehead atoms. The summed E-state index contributed by atoms with van der Waals surface area (Å²) in [4.78, 5) is 15.1. The highest BCUT2D eigenvalue weighted by atomic mass is 16.5. The SMILES string of the molecule is CC(C)OC(=O)c1ncccc1N. The maximum absolute atomic E-state index is 11.3. The number of carbonyl (C=O) groups excluding carboxylic acids is 1.